The Morgan fingerprint density at radius 2 is 1.77 bits per heavy atom. The van der Waals surface area contributed by atoms with Crippen molar-refractivity contribution in [2.75, 3.05) is 32.7 Å². The summed E-state index contributed by atoms with van der Waals surface area (Å²) in [6.07, 6.45) is 6.61. The van der Waals surface area contributed by atoms with Gasteiger partial charge in [0.1, 0.15) is 0 Å². The Morgan fingerprint density at radius 3 is 2.51 bits per heavy atom. The summed E-state index contributed by atoms with van der Waals surface area (Å²) in [5.74, 6) is 0.210. The van der Waals surface area contributed by atoms with E-state index in [1.807, 2.05) is 18.2 Å². The topological polar surface area (TPSA) is 61.4 Å². The number of alkyl halides is 3. The van der Waals surface area contributed by atoms with Crippen molar-refractivity contribution in [2.45, 2.75) is 76.4 Å². The molecule has 2 saturated heterocycles. The Hall–Kier alpha value is -2.42. The van der Waals surface area contributed by atoms with E-state index in [2.05, 4.69) is 15.5 Å². The molecule has 6 rings (SSSR count). The number of fused-ring (bicyclic) bond motifs is 1. The Labute approximate surface area is 256 Å². The molecule has 3 fully saturated rings. The number of piperidine rings is 2. The average molecular weight is 616 g/mol. The van der Waals surface area contributed by atoms with E-state index in [4.69, 9.17) is 11.6 Å². The molecule has 2 N–H and O–H groups in total. The molecule has 2 heterocycles. The lowest BCUT2D eigenvalue weighted by atomic mass is 9.62. The Balaban J connectivity index is 1.15. The molecule has 1 saturated carbocycles. The molecule has 0 aromatic heterocycles. The fraction of sp³-hybridized carbons (Fsp3) is 0.588. The molecule has 0 bridgehead atoms. The number of amides is 1. The zero-order chi connectivity index (χ0) is 30.2. The van der Waals surface area contributed by atoms with Gasteiger partial charge in [0.25, 0.3) is 5.91 Å². The SMILES string of the molecule is O=C(NC1CCc2ccc(C(=O)C3CNCCC34CCN(CC3CCCCC3)CC4)cc21)c1cc(C(F)(F)F)ccc1Cl. The molecule has 2 aliphatic heterocycles. The van der Waals surface area contributed by atoms with E-state index in [1.54, 1.807) is 0 Å². The molecule has 2 aromatic rings. The van der Waals surface area contributed by atoms with E-state index < -0.39 is 23.7 Å². The van der Waals surface area contributed by atoms with Crippen LogP contribution in [0.1, 0.15) is 101 Å². The average Bonchev–Trinajstić information content (AvgIpc) is 3.40. The number of halogens is 4. The molecule has 4 aliphatic rings. The molecule has 9 heteroatoms. The number of hydrogen-bond acceptors (Lipinski definition) is 4. The van der Waals surface area contributed by atoms with Crippen molar-refractivity contribution in [2.24, 2.45) is 17.3 Å². The molecule has 2 atom stereocenters. The molecular weight excluding hydrogens is 575 g/mol. The summed E-state index contributed by atoms with van der Waals surface area (Å²) in [6, 6.07) is 8.16. The van der Waals surface area contributed by atoms with Gasteiger partial charge in [0, 0.05) is 24.6 Å². The van der Waals surface area contributed by atoms with Crippen LogP contribution in [-0.2, 0) is 12.6 Å². The van der Waals surface area contributed by atoms with Gasteiger partial charge >= 0.3 is 6.18 Å². The molecule has 43 heavy (non-hydrogen) atoms. The van der Waals surface area contributed by atoms with Gasteiger partial charge in [0.2, 0.25) is 0 Å². The van der Waals surface area contributed by atoms with Crippen LogP contribution in [0.2, 0.25) is 5.02 Å². The summed E-state index contributed by atoms with van der Waals surface area (Å²) in [7, 11) is 0. The number of likely N-dealkylation sites (tertiary alicyclic amines) is 1. The third-order valence-corrected chi connectivity index (χ3v) is 11.0. The van der Waals surface area contributed by atoms with Gasteiger partial charge in [-0.15, -0.1) is 0 Å². The molecule has 232 valence electrons. The normalized spacial score (nSPS) is 24.6. The maximum atomic E-state index is 14.1. The highest BCUT2D eigenvalue weighted by Crippen LogP contribution is 2.46. The van der Waals surface area contributed by atoms with Gasteiger partial charge in [-0.05, 0) is 111 Å². The number of Topliss-reactive ketones (excluding diaryl/α,β-unsaturated/α-hetero) is 1. The van der Waals surface area contributed by atoms with Crippen LogP contribution < -0.4 is 10.6 Å². The van der Waals surface area contributed by atoms with Gasteiger partial charge in [0.15, 0.2) is 5.78 Å². The molecule has 2 aromatic carbocycles. The minimum atomic E-state index is -4.58. The van der Waals surface area contributed by atoms with Crippen LogP contribution in [0.15, 0.2) is 36.4 Å². The van der Waals surface area contributed by atoms with Crippen molar-refractivity contribution in [1.82, 2.24) is 15.5 Å². The highest BCUT2D eigenvalue weighted by molar-refractivity contribution is 6.33. The Kier molecular flexibility index (Phi) is 8.91. The fourth-order valence-corrected chi connectivity index (χ4v) is 8.28. The molecular formula is C34H41ClF3N3O2. The smallest absolute Gasteiger partial charge is 0.345 e. The molecule has 5 nitrogen and oxygen atoms in total. The third kappa shape index (κ3) is 6.52. The molecule has 2 aliphatic carbocycles. The quantitative estimate of drug-likeness (QED) is 0.337. The number of aryl methyl sites for hydroxylation is 1. The number of carbonyl (C=O) groups excluding carboxylic acids is 2. The van der Waals surface area contributed by atoms with Crippen molar-refractivity contribution < 1.29 is 22.8 Å². The van der Waals surface area contributed by atoms with Crippen LogP contribution in [0, 0.1) is 17.3 Å². The van der Waals surface area contributed by atoms with Crippen LogP contribution in [0.5, 0.6) is 0 Å². The minimum absolute atomic E-state index is 0.00171. The molecule has 1 amide bonds. The second-order valence-electron chi connectivity index (χ2n) is 13.2. The standard InChI is InChI=1S/C34H41ClF3N3O2/c35-29-10-9-25(34(36,37)38)19-27(29)32(43)40-30-11-8-23-6-7-24(18-26(23)30)31(42)28-20-39-15-12-33(28)13-16-41(17-14-33)21-22-4-2-1-3-5-22/h6-7,9-10,18-19,22,28,30,39H,1-5,8,11-17,20-21H2,(H,40,43). The summed E-state index contributed by atoms with van der Waals surface area (Å²) in [5, 5.41) is 6.33. The summed E-state index contributed by atoms with van der Waals surface area (Å²) in [6.45, 7) is 4.90. The lowest BCUT2D eigenvalue weighted by Crippen LogP contribution is -2.54. The maximum Gasteiger partial charge on any atom is 0.416 e. The van der Waals surface area contributed by atoms with E-state index >= 15 is 0 Å². The largest absolute Gasteiger partial charge is 0.416 e. The second-order valence-corrected chi connectivity index (χ2v) is 13.6. The first-order valence-corrected chi connectivity index (χ1v) is 16.3. The minimum Gasteiger partial charge on any atom is -0.345 e. The van der Waals surface area contributed by atoms with Crippen LogP contribution in [-0.4, -0.2) is 49.3 Å². The summed E-state index contributed by atoms with van der Waals surface area (Å²) in [4.78, 5) is 29.9. The predicted molar refractivity (Wildman–Crippen MR) is 161 cm³/mol. The van der Waals surface area contributed by atoms with Crippen LogP contribution in [0.4, 0.5) is 13.2 Å². The maximum absolute atomic E-state index is 14.1. The van der Waals surface area contributed by atoms with E-state index in [9.17, 15) is 22.8 Å². The van der Waals surface area contributed by atoms with Crippen LogP contribution >= 0.6 is 11.6 Å². The fourth-order valence-electron chi connectivity index (χ4n) is 8.08. The van der Waals surface area contributed by atoms with E-state index in [1.165, 1.54) is 38.6 Å². The van der Waals surface area contributed by atoms with Crippen molar-refractivity contribution in [1.29, 1.82) is 0 Å². The van der Waals surface area contributed by atoms with Gasteiger partial charge in [-0.1, -0.05) is 43.0 Å². The van der Waals surface area contributed by atoms with Crippen molar-refractivity contribution in [3.63, 3.8) is 0 Å². The second kappa shape index (κ2) is 12.5. The highest BCUT2D eigenvalue weighted by Gasteiger charge is 2.46. The van der Waals surface area contributed by atoms with Crippen LogP contribution in [0.3, 0.4) is 0 Å². The van der Waals surface area contributed by atoms with E-state index in [-0.39, 0.29) is 27.7 Å². The number of nitrogens with one attached hydrogen (secondary N) is 2. The van der Waals surface area contributed by atoms with E-state index in [0.717, 1.165) is 80.6 Å². The summed E-state index contributed by atoms with van der Waals surface area (Å²) < 4.78 is 39.8. The monoisotopic (exact) mass is 615 g/mol. The van der Waals surface area contributed by atoms with Crippen molar-refractivity contribution in [3.05, 3.63) is 69.2 Å². The molecule has 1 spiro atoms. The lowest BCUT2D eigenvalue weighted by molar-refractivity contribution is -0.137. The Bertz CT molecular complexity index is 1350. The predicted octanol–water partition coefficient (Wildman–Crippen LogP) is 7.23. The number of ketones is 1. The number of hydrogen-bond donors (Lipinski definition) is 2. The summed E-state index contributed by atoms with van der Waals surface area (Å²) in [5.41, 5.74) is 1.43. The van der Waals surface area contributed by atoms with Gasteiger partial charge < -0.3 is 15.5 Å². The van der Waals surface area contributed by atoms with Gasteiger partial charge in [-0.25, -0.2) is 0 Å². The first-order chi connectivity index (χ1) is 20.6. The van der Waals surface area contributed by atoms with Gasteiger partial charge in [-0.3, -0.25) is 9.59 Å². The number of benzene rings is 2. The number of nitrogens with zero attached hydrogens (tertiary/aromatic N) is 1. The Morgan fingerprint density at radius 1 is 1.00 bits per heavy atom. The van der Waals surface area contributed by atoms with Crippen molar-refractivity contribution >= 4 is 23.3 Å². The van der Waals surface area contributed by atoms with Gasteiger partial charge in [0.05, 0.1) is 22.2 Å². The first kappa shape index (κ1) is 30.6. The third-order valence-electron chi connectivity index (χ3n) is 10.6. The molecule has 2 unspecified atom stereocenters. The number of rotatable bonds is 6. The van der Waals surface area contributed by atoms with Crippen molar-refractivity contribution in [3.8, 4) is 0 Å². The van der Waals surface area contributed by atoms with E-state index in [0.29, 0.717) is 18.5 Å². The molecule has 0 radical (unpaired) electrons. The highest BCUT2D eigenvalue weighted by atomic mass is 35.5. The zero-order valence-corrected chi connectivity index (χ0v) is 25.3. The summed E-state index contributed by atoms with van der Waals surface area (Å²) >= 11 is 6.13. The zero-order valence-electron chi connectivity index (χ0n) is 24.6. The first-order valence-electron chi connectivity index (χ1n) is 15.9. The van der Waals surface area contributed by atoms with Gasteiger partial charge in [-0.2, -0.15) is 13.2 Å². The number of carbonyl (C=O) groups is 2. The van der Waals surface area contributed by atoms with Crippen LogP contribution in [0.25, 0.3) is 0 Å². The lowest BCUT2D eigenvalue weighted by Gasteiger charge is -2.49.